The molecule has 0 unspecified atom stereocenters. The first kappa shape index (κ1) is 79.0. The van der Waals surface area contributed by atoms with E-state index in [1.54, 1.807) is 0 Å². The highest BCUT2D eigenvalue weighted by Gasteiger charge is 2.24. The number of hydrogen-bond acceptors (Lipinski definition) is 9. The van der Waals surface area contributed by atoms with E-state index in [0.717, 1.165) is 101 Å². The Balaban J connectivity index is 0.000000108. The van der Waals surface area contributed by atoms with Gasteiger partial charge in [-0.05, 0) is 243 Å². The van der Waals surface area contributed by atoms with E-state index < -0.39 is 0 Å². The lowest BCUT2D eigenvalue weighted by Crippen LogP contribution is -2.10. The first-order valence-electron chi connectivity index (χ1n) is 44.9. The van der Waals surface area contributed by atoms with Crippen LogP contribution in [-0.2, 0) is 0 Å². The third kappa shape index (κ3) is 14.7. The van der Waals surface area contributed by atoms with Crippen molar-refractivity contribution in [1.29, 1.82) is 0 Å². The molecule has 0 saturated heterocycles. The summed E-state index contributed by atoms with van der Waals surface area (Å²) in [5.41, 5.74) is 25.5. The maximum absolute atomic E-state index is 6.41. The number of thiophene rings is 4. The van der Waals surface area contributed by atoms with Crippen molar-refractivity contribution in [2.45, 2.75) is 0 Å². The Morgan fingerprint density at radius 1 is 0.135 bits per heavy atom. The molecule has 27 aromatic rings. The molecule has 0 N–H and O–H groups in total. The van der Waals surface area contributed by atoms with E-state index in [-0.39, 0.29) is 0 Å². The topological polar surface area (TPSA) is 36.0 Å². The van der Waals surface area contributed by atoms with Gasteiger partial charge >= 0.3 is 0 Å². The molecule has 133 heavy (non-hydrogen) atoms. The van der Waals surface area contributed by atoms with Gasteiger partial charge in [0.2, 0.25) is 0 Å². The van der Waals surface area contributed by atoms with E-state index in [4.69, 9.17) is 8.83 Å². The van der Waals surface area contributed by atoms with Crippen LogP contribution < -0.4 is 14.7 Å². The SMILES string of the molecule is c1ccc(-c2cc(-c3ccccc3)cc(N(c3ccc(-c4ccc5sc6ccccc6c5c4)cc3)c3ccc4c(c3)oc3ccccc34)c2)cc1.c1ccc(N(c2ccc(-c3ccc4sc5ccccc5c4c3)cc2)c2ccc3c(c2)sc2ccccc23)cc1.c1ccc2c(N(c3ccc(-c4ccc5sc6ccccc6c5c4)cc3)c3ccc4c(c3)oc3ccccc34)cccc2c1. The molecule has 0 atom stereocenters. The van der Waals surface area contributed by atoms with Crippen molar-refractivity contribution in [3.8, 4) is 55.6 Å². The fourth-order valence-corrected chi connectivity index (χ4v) is 23.7. The summed E-state index contributed by atoms with van der Waals surface area (Å²) in [5.74, 6) is 0. The van der Waals surface area contributed by atoms with Gasteiger partial charge in [-0.15, -0.1) is 45.3 Å². The highest BCUT2D eigenvalue weighted by molar-refractivity contribution is 7.27. The highest BCUT2D eigenvalue weighted by Crippen LogP contribution is 2.49. The molecule has 0 radical (unpaired) electrons. The van der Waals surface area contributed by atoms with Crippen molar-refractivity contribution < 1.29 is 8.83 Å². The third-order valence-corrected chi connectivity index (χ3v) is 30.4. The zero-order chi connectivity index (χ0) is 87.8. The van der Waals surface area contributed by atoms with Gasteiger partial charge in [0.1, 0.15) is 22.3 Å². The summed E-state index contributed by atoms with van der Waals surface area (Å²) < 4.78 is 23.3. The van der Waals surface area contributed by atoms with Crippen LogP contribution in [0.5, 0.6) is 0 Å². The van der Waals surface area contributed by atoms with Crippen molar-refractivity contribution in [3.05, 3.63) is 479 Å². The van der Waals surface area contributed by atoms with E-state index in [9.17, 15) is 0 Å². The second-order valence-electron chi connectivity index (χ2n) is 33.7. The molecule has 0 fully saturated rings. The summed E-state index contributed by atoms with van der Waals surface area (Å²) in [6.07, 6.45) is 0. The Hall–Kier alpha value is -16.2. The van der Waals surface area contributed by atoms with Crippen LogP contribution in [0.1, 0.15) is 0 Å². The maximum Gasteiger partial charge on any atom is 0.137 e. The average Bonchev–Trinajstić information content (AvgIpc) is 1.75. The smallest absolute Gasteiger partial charge is 0.137 e. The average molecular weight is 1770 g/mol. The zero-order valence-electron chi connectivity index (χ0n) is 71.9. The second kappa shape index (κ2) is 33.7. The molecule has 21 aromatic carbocycles. The van der Waals surface area contributed by atoms with Crippen LogP contribution in [-0.4, -0.2) is 0 Å². The van der Waals surface area contributed by atoms with Gasteiger partial charge in [0.25, 0.3) is 0 Å². The lowest BCUT2D eigenvalue weighted by atomic mass is 9.97. The maximum atomic E-state index is 6.41. The lowest BCUT2D eigenvalue weighted by molar-refractivity contribution is 0.668. The molecule has 9 heteroatoms. The van der Waals surface area contributed by atoms with Crippen molar-refractivity contribution >= 4 is 232 Å². The van der Waals surface area contributed by atoms with Gasteiger partial charge < -0.3 is 23.5 Å². The van der Waals surface area contributed by atoms with Crippen LogP contribution in [0.15, 0.2) is 488 Å². The van der Waals surface area contributed by atoms with Gasteiger partial charge in [-0.1, -0.05) is 285 Å². The van der Waals surface area contributed by atoms with E-state index in [2.05, 4.69) is 470 Å². The third-order valence-electron chi connectivity index (χ3n) is 25.8. The van der Waals surface area contributed by atoms with Gasteiger partial charge in [-0.25, -0.2) is 0 Å². The first-order chi connectivity index (χ1) is 65.9. The van der Waals surface area contributed by atoms with E-state index >= 15 is 0 Å². The molecular formula is C124H79N3O2S4. The van der Waals surface area contributed by atoms with Crippen LogP contribution in [0.2, 0.25) is 0 Å². The Labute approximate surface area is 783 Å². The Kier molecular flexibility index (Phi) is 20.0. The number of rotatable bonds is 14. The largest absolute Gasteiger partial charge is 0.456 e. The molecule has 0 saturated carbocycles. The summed E-state index contributed by atoms with van der Waals surface area (Å²) in [7, 11) is 0. The van der Waals surface area contributed by atoms with Crippen LogP contribution in [0, 0.1) is 0 Å². The molecule has 0 aliphatic heterocycles. The van der Waals surface area contributed by atoms with Gasteiger partial charge in [-0.2, -0.15) is 0 Å². The van der Waals surface area contributed by atoms with Gasteiger partial charge in [0.15, 0.2) is 0 Å². The number of benzene rings is 21. The number of fused-ring (bicyclic) bond motifs is 19. The number of anilines is 9. The van der Waals surface area contributed by atoms with Gasteiger partial charge in [-0.3, -0.25) is 0 Å². The molecule has 6 aromatic heterocycles. The Morgan fingerprint density at radius 2 is 0.429 bits per heavy atom. The minimum Gasteiger partial charge on any atom is -0.456 e. The molecule has 27 rings (SSSR count). The van der Waals surface area contributed by atoms with E-state index in [1.165, 1.54) is 142 Å². The molecule has 5 nitrogen and oxygen atoms in total. The van der Waals surface area contributed by atoms with Crippen molar-refractivity contribution in [3.63, 3.8) is 0 Å². The summed E-state index contributed by atoms with van der Waals surface area (Å²) in [6.45, 7) is 0. The minimum absolute atomic E-state index is 0.870. The minimum atomic E-state index is 0.870. The molecule has 0 amide bonds. The highest BCUT2D eigenvalue weighted by atomic mass is 32.1. The Bertz CT molecular complexity index is 9040. The summed E-state index contributed by atoms with van der Waals surface area (Å²) in [4.78, 5) is 7.04. The fourth-order valence-electron chi connectivity index (χ4n) is 19.3. The number of hydrogen-bond donors (Lipinski definition) is 0. The van der Waals surface area contributed by atoms with E-state index in [0.29, 0.717) is 0 Å². The quantitative estimate of drug-likeness (QED) is 0.108. The molecule has 6 heterocycles. The Morgan fingerprint density at radius 3 is 0.887 bits per heavy atom. The summed E-state index contributed by atoms with van der Waals surface area (Å²) in [5, 5.41) is 17.5. The fraction of sp³-hybridized carbons (Fsp3) is 0. The standard InChI is InChI=1S/C48H31NOS.C40H25NOS.C36H23NS2/c1-3-11-32(12-4-1)36-27-37(33-13-5-2-6-14-33)29-40(28-36)49(39-24-25-42-41-15-7-9-17-45(41)50-46(42)31-39)38-22-19-34(20-23-38)35-21-26-48-44(30-35)43-16-8-10-18-47(43)51-48;1-2-10-31-27(8-1)9-7-13-36(31)41(30-21-22-33-32-11-3-5-14-37(32)42-38(33)25-30)29-19-16-26(17-20-29)28-18-23-40-35(24-28)34-12-4-6-15-39(34)43-40;1-2-8-26(9-3-1)37(28-19-20-31-29-10-4-6-12-33(29)39-36(31)23-28)27-17-14-24(15-18-27)25-16-21-35-32(22-25)30-11-5-7-13-34(30)38-35/h1-31H;1-25H;1-23H. The zero-order valence-corrected chi connectivity index (χ0v) is 75.2. The van der Waals surface area contributed by atoms with Crippen LogP contribution in [0.25, 0.3) is 191 Å². The normalized spacial score (nSPS) is 11.6. The van der Waals surface area contributed by atoms with Crippen LogP contribution >= 0.6 is 45.3 Å². The van der Waals surface area contributed by atoms with Crippen LogP contribution in [0.4, 0.5) is 51.2 Å². The molecule has 0 aliphatic rings. The number of nitrogens with zero attached hydrogens (tertiary/aromatic N) is 3. The monoisotopic (exact) mass is 1770 g/mol. The summed E-state index contributed by atoms with van der Waals surface area (Å²) in [6, 6.07) is 173. The predicted octanol–water partition coefficient (Wildman–Crippen LogP) is 38.2. The molecule has 0 aliphatic carbocycles. The summed E-state index contributed by atoms with van der Waals surface area (Å²) >= 11 is 7.43. The number of furan rings is 2. The van der Waals surface area contributed by atoms with Crippen molar-refractivity contribution in [2.75, 3.05) is 14.7 Å². The van der Waals surface area contributed by atoms with Crippen molar-refractivity contribution in [1.82, 2.24) is 0 Å². The van der Waals surface area contributed by atoms with Crippen molar-refractivity contribution in [2.24, 2.45) is 0 Å². The predicted molar refractivity (Wildman–Crippen MR) is 574 cm³/mol. The number of para-hydroxylation sites is 3. The molecule has 0 bridgehead atoms. The van der Waals surface area contributed by atoms with Gasteiger partial charge in [0.05, 0.1) is 5.69 Å². The van der Waals surface area contributed by atoms with Gasteiger partial charge in [0, 0.05) is 165 Å². The second-order valence-corrected chi connectivity index (χ2v) is 38.1. The van der Waals surface area contributed by atoms with E-state index in [1.807, 2.05) is 69.6 Å². The molecular weight excluding hydrogens is 1690 g/mol. The molecule has 626 valence electrons. The first-order valence-corrected chi connectivity index (χ1v) is 48.1. The van der Waals surface area contributed by atoms with Crippen LogP contribution in [0.3, 0.4) is 0 Å². The lowest BCUT2D eigenvalue weighted by Gasteiger charge is -2.27. The molecule has 0 spiro atoms.